The number of amides is 2. The second-order valence-corrected chi connectivity index (χ2v) is 12.9. The molecule has 0 bridgehead atoms. The highest BCUT2D eigenvalue weighted by molar-refractivity contribution is 9.10. The standard InChI is InChI=1S/C30H36BrN3O4S/c1-22(2)19-32-30(36)28(18-24-8-6-5-7-9-24)33(20-25-12-10-23(3)11-13-25)29(35)21-34(39(4,37)38)27-16-14-26(31)15-17-27/h5-17,22,28H,18-21H2,1-4H3,(H,32,36)/t28-/m0/s1. The van der Waals surface area contributed by atoms with E-state index in [-0.39, 0.29) is 18.4 Å². The molecule has 3 aromatic rings. The number of nitrogens with one attached hydrogen (secondary N) is 1. The van der Waals surface area contributed by atoms with Gasteiger partial charge < -0.3 is 10.2 Å². The van der Waals surface area contributed by atoms with Crippen molar-refractivity contribution in [1.82, 2.24) is 10.2 Å². The van der Waals surface area contributed by atoms with Crippen molar-refractivity contribution in [2.24, 2.45) is 5.92 Å². The van der Waals surface area contributed by atoms with Gasteiger partial charge in [-0.05, 0) is 48.2 Å². The molecule has 208 valence electrons. The molecule has 0 spiro atoms. The summed E-state index contributed by atoms with van der Waals surface area (Å²) < 4.78 is 27.5. The van der Waals surface area contributed by atoms with Crippen LogP contribution in [-0.4, -0.2) is 50.5 Å². The van der Waals surface area contributed by atoms with E-state index in [1.54, 1.807) is 24.3 Å². The Morgan fingerprint density at radius 1 is 0.897 bits per heavy atom. The number of nitrogens with zero attached hydrogens (tertiary/aromatic N) is 2. The van der Waals surface area contributed by atoms with Crippen molar-refractivity contribution >= 4 is 43.5 Å². The molecule has 1 N–H and O–H groups in total. The van der Waals surface area contributed by atoms with Crippen LogP contribution < -0.4 is 9.62 Å². The van der Waals surface area contributed by atoms with E-state index in [1.165, 1.54) is 4.90 Å². The lowest BCUT2D eigenvalue weighted by Gasteiger charge is -2.33. The summed E-state index contributed by atoms with van der Waals surface area (Å²) in [5.74, 6) is -0.516. The molecule has 0 radical (unpaired) electrons. The molecular formula is C30H36BrN3O4S. The molecule has 0 saturated heterocycles. The molecular weight excluding hydrogens is 578 g/mol. The molecule has 0 aliphatic heterocycles. The molecule has 3 aromatic carbocycles. The zero-order valence-corrected chi connectivity index (χ0v) is 25.2. The smallest absolute Gasteiger partial charge is 0.244 e. The van der Waals surface area contributed by atoms with Gasteiger partial charge in [0.2, 0.25) is 21.8 Å². The van der Waals surface area contributed by atoms with E-state index < -0.39 is 28.5 Å². The van der Waals surface area contributed by atoms with Crippen LogP contribution in [0.3, 0.4) is 0 Å². The fourth-order valence-electron chi connectivity index (χ4n) is 4.09. The number of hydrogen-bond acceptors (Lipinski definition) is 4. The van der Waals surface area contributed by atoms with Gasteiger partial charge in [-0.3, -0.25) is 13.9 Å². The van der Waals surface area contributed by atoms with Crippen molar-refractivity contribution in [2.45, 2.75) is 39.8 Å². The summed E-state index contributed by atoms with van der Waals surface area (Å²) in [6.45, 7) is 6.17. The van der Waals surface area contributed by atoms with Crippen LogP contribution in [0.4, 0.5) is 5.69 Å². The van der Waals surface area contributed by atoms with Crippen molar-refractivity contribution in [1.29, 1.82) is 0 Å². The first-order chi connectivity index (χ1) is 18.4. The Bertz CT molecular complexity index is 1350. The molecule has 0 aliphatic carbocycles. The van der Waals surface area contributed by atoms with Crippen LogP contribution in [0, 0.1) is 12.8 Å². The van der Waals surface area contributed by atoms with Crippen molar-refractivity contribution in [3.8, 4) is 0 Å². The highest BCUT2D eigenvalue weighted by Crippen LogP contribution is 2.22. The predicted octanol–water partition coefficient (Wildman–Crippen LogP) is 4.94. The van der Waals surface area contributed by atoms with Crippen LogP contribution in [0.25, 0.3) is 0 Å². The van der Waals surface area contributed by atoms with Crippen molar-refractivity contribution in [3.63, 3.8) is 0 Å². The Balaban J connectivity index is 2.03. The average Bonchev–Trinajstić information content (AvgIpc) is 2.89. The number of anilines is 1. The van der Waals surface area contributed by atoms with E-state index >= 15 is 0 Å². The summed E-state index contributed by atoms with van der Waals surface area (Å²) in [6.07, 6.45) is 1.36. The molecule has 0 unspecified atom stereocenters. The van der Waals surface area contributed by atoms with Crippen molar-refractivity contribution in [3.05, 3.63) is 100 Å². The van der Waals surface area contributed by atoms with E-state index in [0.29, 0.717) is 18.7 Å². The summed E-state index contributed by atoms with van der Waals surface area (Å²) in [5, 5.41) is 2.98. The van der Waals surface area contributed by atoms with Crippen LogP contribution in [-0.2, 0) is 32.6 Å². The van der Waals surface area contributed by atoms with Crippen LogP contribution in [0.15, 0.2) is 83.3 Å². The number of halogens is 1. The van der Waals surface area contributed by atoms with Crippen molar-refractivity contribution in [2.75, 3.05) is 23.7 Å². The van der Waals surface area contributed by atoms with E-state index in [0.717, 1.165) is 31.7 Å². The van der Waals surface area contributed by atoms with Crippen LogP contribution in [0.2, 0.25) is 0 Å². The average molecular weight is 615 g/mol. The largest absolute Gasteiger partial charge is 0.354 e. The normalized spacial score (nSPS) is 12.2. The maximum absolute atomic E-state index is 14.0. The minimum absolute atomic E-state index is 0.156. The van der Waals surface area contributed by atoms with E-state index in [2.05, 4.69) is 21.2 Å². The quantitative estimate of drug-likeness (QED) is 0.314. The summed E-state index contributed by atoms with van der Waals surface area (Å²) >= 11 is 3.36. The van der Waals surface area contributed by atoms with Gasteiger partial charge >= 0.3 is 0 Å². The SMILES string of the molecule is Cc1ccc(CN(C(=O)CN(c2ccc(Br)cc2)S(C)(=O)=O)[C@@H](Cc2ccccc2)C(=O)NCC(C)C)cc1. The molecule has 1 atom stereocenters. The number of benzene rings is 3. The van der Waals surface area contributed by atoms with Crippen LogP contribution >= 0.6 is 15.9 Å². The third-order valence-corrected chi connectivity index (χ3v) is 7.89. The van der Waals surface area contributed by atoms with Gasteiger partial charge in [0.15, 0.2) is 0 Å². The van der Waals surface area contributed by atoms with Gasteiger partial charge in [0.05, 0.1) is 11.9 Å². The Hall–Kier alpha value is -3.17. The fourth-order valence-corrected chi connectivity index (χ4v) is 5.20. The summed E-state index contributed by atoms with van der Waals surface area (Å²) in [7, 11) is -3.79. The summed E-state index contributed by atoms with van der Waals surface area (Å²) in [4.78, 5) is 29.1. The third kappa shape index (κ3) is 9.21. The van der Waals surface area contributed by atoms with Gasteiger partial charge in [-0.2, -0.15) is 0 Å². The second kappa shape index (κ2) is 13.8. The minimum Gasteiger partial charge on any atom is -0.354 e. The molecule has 7 nitrogen and oxygen atoms in total. The predicted molar refractivity (Wildman–Crippen MR) is 160 cm³/mol. The van der Waals surface area contributed by atoms with Gasteiger partial charge in [-0.25, -0.2) is 8.42 Å². The molecule has 0 aliphatic rings. The zero-order chi connectivity index (χ0) is 28.6. The van der Waals surface area contributed by atoms with Crippen LogP contribution in [0.1, 0.15) is 30.5 Å². The number of rotatable bonds is 12. The van der Waals surface area contributed by atoms with E-state index in [1.807, 2.05) is 75.4 Å². The molecule has 0 heterocycles. The Morgan fingerprint density at radius 3 is 2.08 bits per heavy atom. The number of carbonyl (C=O) groups excluding carboxylic acids is 2. The Morgan fingerprint density at radius 2 is 1.51 bits per heavy atom. The fraction of sp³-hybridized carbons (Fsp3) is 0.333. The second-order valence-electron chi connectivity index (χ2n) is 10.1. The molecule has 39 heavy (non-hydrogen) atoms. The zero-order valence-electron chi connectivity index (χ0n) is 22.8. The monoisotopic (exact) mass is 613 g/mol. The lowest BCUT2D eigenvalue weighted by molar-refractivity contribution is -0.140. The third-order valence-electron chi connectivity index (χ3n) is 6.22. The maximum atomic E-state index is 14.0. The van der Waals surface area contributed by atoms with Gasteiger partial charge in [0.1, 0.15) is 12.6 Å². The number of carbonyl (C=O) groups is 2. The van der Waals surface area contributed by atoms with Gasteiger partial charge in [0.25, 0.3) is 0 Å². The molecule has 0 fully saturated rings. The first-order valence-corrected chi connectivity index (χ1v) is 15.5. The van der Waals surface area contributed by atoms with Gasteiger partial charge in [0, 0.05) is 24.0 Å². The highest BCUT2D eigenvalue weighted by Gasteiger charge is 2.33. The van der Waals surface area contributed by atoms with Gasteiger partial charge in [-0.1, -0.05) is 89.9 Å². The number of sulfonamides is 1. The Labute approximate surface area is 240 Å². The highest BCUT2D eigenvalue weighted by atomic mass is 79.9. The van der Waals surface area contributed by atoms with Crippen LogP contribution in [0.5, 0.6) is 0 Å². The molecule has 3 rings (SSSR count). The molecule has 0 saturated carbocycles. The first-order valence-electron chi connectivity index (χ1n) is 12.8. The molecule has 9 heteroatoms. The maximum Gasteiger partial charge on any atom is 0.244 e. The Kier molecular flexibility index (Phi) is 10.7. The topological polar surface area (TPSA) is 86.8 Å². The lowest BCUT2D eigenvalue weighted by Crippen LogP contribution is -2.53. The summed E-state index contributed by atoms with van der Waals surface area (Å²) in [5.41, 5.74) is 3.19. The molecule has 2 amide bonds. The van der Waals surface area contributed by atoms with Gasteiger partial charge in [-0.15, -0.1) is 0 Å². The number of hydrogen-bond donors (Lipinski definition) is 1. The van der Waals surface area contributed by atoms with E-state index in [4.69, 9.17) is 0 Å². The minimum atomic E-state index is -3.79. The molecule has 0 aromatic heterocycles. The number of aryl methyl sites for hydroxylation is 1. The van der Waals surface area contributed by atoms with Crippen molar-refractivity contribution < 1.29 is 18.0 Å². The van der Waals surface area contributed by atoms with E-state index in [9.17, 15) is 18.0 Å². The first kappa shape index (κ1) is 30.4. The summed E-state index contributed by atoms with van der Waals surface area (Å²) in [6, 6.07) is 23.1. The lowest BCUT2D eigenvalue weighted by atomic mass is 10.0.